The number of imide groups is 1. The first-order chi connectivity index (χ1) is 15.2. The number of rotatable bonds is 5. The van der Waals surface area contributed by atoms with Crippen LogP contribution >= 0.6 is 0 Å². The van der Waals surface area contributed by atoms with E-state index in [0.29, 0.717) is 18.8 Å². The maximum atomic E-state index is 12.9. The molecule has 1 aliphatic carbocycles. The average molecular weight is 457 g/mol. The smallest absolute Gasteiger partial charge is 0.322 e. The van der Waals surface area contributed by atoms with Gasteiger partial charge in [-0.15, -0.1) is 0 Å². The maximum Gasteiger partial charge on any atom is 0.344 e. The van der Waals surface area contributed by atoms with Gasteiger partial charge in [-0.1, -0.05) is 31.2 Å². The number of benzene rings is 2. The van der Waals surface area contributed by atoms with Gasteiger partial charge in [0.05, 0.1) is 4.90 Å². The van der Waals surface area contributed by atoms with Crippen molar-refractivity contribution in [2.24, 2.45) is 5.92 Å². The topological polar surface area (TPSA) is 125 Å². The Morgan fingerprint density at radius 1 is 1.06 bits per heavy atom. The highest BCUT2D eigenvalue weighted by Gasteiger charge is 2.52. The lowest BCUT2D eigenvalue weighted by molar-refractivity contribution is -0.134. The zero-order chi connectivity index (χ0) is 22.9. The fourth-order valence-electron chi connectivity index (χ4n) is 4.02. The van der Waals surface area contributed by atoms with Crippen LogP contribution in [0.5, 0.6) is 0 Å². The number of sulfonamides is 1. The second-order valence-electron chi connectivity index (χ2n) is 8.28. The van der Waals surface area contributed by atoms with E-state index in [1.165, 1.54) is 36.4 Å². The number of hydrogen-bond acceptors (Lipinski definition) is 5. The molecule has 3 N–H and O–H groups in total. The molecule has 0 bridgehead atoms. The molecule has 10 heteroatoms. The van der Waals surface area contributed by atoms with Gasteiger partial charge in [0.1, 0.15) is 5.54 Å². The summed E-state index contributed by atoms with van der Waals surface area (Å²) in [6.07, 6.45) is 2.69. The van der Waals surface area contributed by atoms with Gasteiger partial charge in [-0.2, -0.15) is 5.01 Å². The zero-order valence-corrected chi connectivity index (χ0v) is 18.3. The highest BCUT2D eigenvalue weighted by molar-refractivity contribution is 7.92. The molecule has 0 unspecified atom stereocenters. The Hall–Kier alpha value is -3.40. The Bertz CT molecular complexity index is 1160. The second kappa shape index (κ2) is 8.27. The van der Waals surface area contributed by atoms with Crippen molar-refractivity contribution in [2.75, 3.05) is 4.72 Å². The van der Waals surface area contributed by atoms with Gasteiger partial charge in [0.2, 0.25) is 0 Å². The number of nitrogens with one attached hydrogen (secondary N) is 3. The van der Waals surface area contributed by atoms with Crippen LogP contribution in [-0.4, -0.2) is 36.8 Å². The molecule has 1 saturated carbocycles. The summed E-state index contributed by atoms with van der Waals surface area (Å²) in [5.74, 6) is -0.685. The van der Waals surface area contributed by atoms with Crippen LogP contribution in [0.2, 0.25) is 0 Å². The molecular weight excluding hydrogens is 432 g/mol. The highest BCUT2D eigenvalue weighted by Crippen LogP contribution is 2.35. The van der Waals surface area contributed by atoms with Gasteiger partial charge in [-0.25, -0.2) is 13.2 Å². The third-order valence-electron chi connectivity index (χ3n) is 5.93. The van der Waals surface area contributed by atoms with E-state index in [-0.39, 0.29) is 16.1 Å². The maximum absolute atomic E-state index is 12.9. The van der Waals surface area contributed by atoms with E-state index in [4.69, 9.17) is 0 Å². The number of carbonyl (C=O) groups excluding carboxylic acids is 3. The molecule has 0 aromatic heterocycles. The minimum absolute atomic E-state index is 0.0845. The van der Waals surface area contributed by atoms with E-state index < -0.39 is 33.4 Å². The van der Waals surface area contributed by atoms with Gasteiger partial charge in [0.25, 0.3) is 21.8 Å². The molecule has 32 heavy (non-hydrogen) atoms. The van der Waals surface area contributed by atoms with Crippen LogP contribution in [0.25, 0.3) is 0 Å². The number of hydrazine groups is 1. The van der Waals surface area contributed by atoms with Gasteiger partial charge < -0.3 is 5.32 Å². The number of carbonyl (C=O) groups is 3. The number of amides is 4. The minimum Gasteiger partial charge on any atom is -0.322 e. The Morgan fingerprint density at radius 2 is 1.75 bits per heavy atom. The van der Waals surface area contributed by atoms with Crippen molar-refractivity contribution in [1.82, 2.24) is 15.8 Å². The zero-order valence-electron chi connectivity index (χ0n) is 17.5. The lowest BCUT2D eigenvalue weighted by atomic mass is 9.77. The van der Waals surface area contributed by atoms with Crippen molar-refractivity contribution in [1.29, 1.82) is 0 Å². The molecule has 2 aromatic carbocycles. The summed E-state index contributed by atoms with van der Waals surface area (Å²) >= 11 is 0. The molecule has 1 spiro atoms. The fourth-order valence-corrected chi connectivity index (χ4v) is 5.09. The van der Waals surface area contributed by atoms with Gasteiger partial charge >= 0.3 is 6.03 Å². The molecule has 2 aromatic rings. The third-order valence-corrected chi connectivity index (χ3v) is 7.33. The van der Waals surface area contributed by atoms with Crippen molar-refractivity contribution in [3.05, 3.63) is 60.2 Å². The van der Waals surface area contributed by atoms with Crippen LogP contribution in [-0.2, 0) is 14.8 Å². The van der Waals surface area contributed by atoms with Crippen LogP contribution in [0.3, 0.4) is 0 Å². The van der Waals surface area contributed by atoms with Crippen molar-refractivity contribution < 1.29 is 22.8 Å². The van der Waals surface area contributed by atoms with E-state index in [0.717, 1.165) is 17.9 Å². The Kier molecular flexibility index (Phi) is 5.64. The molecule has 9 nitrogen and oxygen atoms in total. The quantitative estimate of drug-likeness (QED) is 0.597. The molecule has 4 amide bonds. The van der Waals surface area contributed by atoms with E-state index >= 15 is 0 Å². The lowest BCUT2D eigenvalue weighted by Gasteiger charge is -2.33. The van der Waals surface area contributed by atoms with Gasteiger partial charge in [-0.3, -0.25) is 19.7 Å². The Morgan fingerprint density at radius 3 is 2.44 bits per heavy atom. The number of urea groups is 1. The van der Waals surface area contributed by atoms with Crippen molar-refractivity contribution in [2.45, 2.75) is 43.0 Å². The SMILES string of the molecule is CC1CCC2(CC1)NC(=O)N(NC(=O)c1cccc(NS(=O)(=O)c3ccccc3)c1)C2=O. The molecule has 1 aliphatic heterocycles. The first-order valence-electron chi connectivity index (χ1n) is 10.4. The predicted molar refractivity (Wildman–Crippen MR) is 117 cm³/mol. The second-order valence-corrected chi connectivity index (χ2v) is 9.96. The average Bonchev–Trinajstić information content (AvgIpc) is 3.00. The summed E-state index contributed by atoms with van der Waals surface area (Å²) in [6, 6.07) is 13.0. The van der Waals surface area contributed by atoms with E-state index in [1.807, 2.05) is 0 Å². The standard InChI is InChI=1S/C22H24N4O5S/c1-15-10-12-22(13-11-15)20(28)26(21(29)23-22)24-19(27)16-6-5-7-17(14-16)25-32(30,31)18-8-3-2-4-9-18/h2-9,14-15,25H,10-13H2,1H3,(H,23,29)(H,24,27). The van der Waals surface area contributed by atoms with Crippen molar-refractivity contribution in [3.63, 3.8) is 0 Å². The minimum atomic E-state index is -3.83. The summed E-state index contributed by atoms with van der Waals surface area (Å²) < 4.78 is 27.5. The Balaban J connectivity index is 1.48. The highest BCUT2D eigenvalue weighted by atomic mass is 32.2. The molecule has 168 valence electrons. The number of anilines is 1. The Labute approximate surface area is 186 Å². The largest absolute Gasteiger partial charge is 0.344 e. The summed E-state index contributed by atoms with van der Waals surface area (Å²) in [7, 11) is -3.83. The first kappa shape index (κ1) is 21.8. The van der Waals surface area contributed by atoms with Crippen molar-refractivity contribution >= 4 is 33.6 Å². The molecule has 4 rings (SSSR count). The van der Waals surface area contributed by atoms with Gasteiger partial charge in [0, 0.05) is 11.3 Å². The van der Waals surface area contributed by atoms with Crippen LogP contribution in [0.1, 0.15) is 43.0 Å². The van der Waals surface area contributed by atoms with Crippen LogP contribution < -0.4 is 15.5 Å². The van der Waals surface area contributed by atoms with E-state index in [2.05, 4.69) is 22.4 Å². The van der Waals surface area contributed by atoms with E-state index in [9.17, 15) is 22.8 Å². The monoisotopic (exact) mass is 456 g/mol. The van der Waals surface area contributed by atoms with Crippen LogP contribution in [0.15, 0.2) is 59.5 Å². The van der Waals surface area contributed by atoms with Crippen LogP contribution in [0, 0.1) is 5.92 Å². The number of hydrogen-bond donors (Lipinski definition) is 3. The van der Waals surface area contributed by atoms with E-state index in [1.54, 1.807) is 18.2 Å². The number of nitrogens with zero attached hydrogens (tertiary/aromatic N) is 1. The first-order valence-corrected chi connectivity index (χ1v) is 11.8. The molecule has 2 aliphatic rings. The van der Waals surface area contributed by atoms with Crippen LogP contribution in [0.4, 0.5) is 10.5 Å². The summed E-state index contributed by atoms with van der Waals surface area (Å²) in [5.41, 5.74) is 1.66. The molecule has 1 heterocycles. The molecule has 0 radical (unpaired) electrons. The summed E-state index contributed by atoms with van der Waals surface area (Å²) in [6.45, 7) is 2.10. The fraction of sp³-hybridized carbons (Fsp3) is 0.318. The summed E-state index contributed by atoms with van der Waals surface area (Å²) in [5, 5.41) is 3.46. The molecule has 0 atom stereocenters. The molecule has 1 saturated heterocycles. The lowest BCUT2D eigenvalue weighted by Crippen LogP contribution is -2.51. The van der Waals surface area contributed by atoms with Crippen molar-refractivity contribution in [3.8, 4) is 0 Å². The molecular formula is C22H24N4O5S. The molecule has 2 fully saturated rings. The third kappa shape index (κ3) is 4.18. The van der Waals surface area contributed by atoms with Gasteiger partial charge in [0.15, 0.2) is 0 Å². The predicted octanol–water partition coefficient (Wildman–Crippen LogP) is 2.63. The normalized spacial score (nSPS) is 23.2. The van der Waals surface area contributed by atoms with Gasteiger partial charge in [-0.05, 0) is 61.9 Å². The summed E-state index contributed by atoms with van der Waals surface area (Å²) in [4.78, 5) is 38.1.